The number of methoxy groups -OCH3 is 1. The number of hydrogen-bond acceptors (Lipinski definition) is 5. The minimum atomic E-state index is -0.600. The first-order chi connectivity index (χ1) is 17.2. The quantitative estimate of drug-likeness (QED) is 0.431. The standard InChI is InChI=1S/C28H31FN2O4S/c1-28(2,3)31(27(33)22-7-5-6-8-24(22)34-4)17-26(32)30-15-13-25-21(14-16-36-25)23(30)18-35-20-11-9-19(29)10-12-20/h5-12,14,16,23H,13,15,17-18H2,1-4H3/t23-/m0/s1. The normalized spacial score (nSPS) is 15.2. The molecule has 0 aliphatic carbocycles. The SMILES string of the molecule is COc1ccccc1C(=O)N(CC(=O)N1CCc2sccc2[C@@H]1COc1ccc(F)cc1)C(C)(C)C. The fraction of sp³-hybridized carbons (Fsp3) is 0.357. The van der Waals surface area contributed by atoms with Crippen LogP contribution in [-0.2, 0) is 11.2 Å². The fourth-order valence-corrected chi connectivity index (χ4v) is 5.32. The van der Waals surface area contributed by atoms with Crippen molar-refractivity contribution >= 4 is 23.2 Å². The number of ether oxygens (including phenoxy) is 2. The van der Waals surface area contributed by atoms with Crippen LogP contribution in [0.2, 0.25) is 0 Å². The lowest BCUT2D eigenvalue weighted by Crippen LogP contribution is -2.53. The molecular weight excluding hydrogens is 479 g/mol. The molecule has 0 saturated carbocycles. The topological polar surface area (TPSA) is 59.1 Å². The lowest BCUT2D eigenvalue weighted by molar-refractivity contribution is -0.136. The summed E-state index contributed by atoms with van der Waals surface area (Å²) in [4.78, 5) is 31.9. The van der Waals surface area contributed by atoms with Crippen molar-refractivity contribution in [1.82, 2.24) is 9.80 Å². The zero-order chi connectivity index (χ0) is 25.9. The Bertz CT molecular complexity index is 1220. The highest BCUT2D eigenvalue weighted by molar-refractivity contribution is 7.10. The summed E-state index contributed by atoms with van der Waals surface area (Å²) in [5, 5.41) is 2.02. The van der Waals surface area contributed by atoms with Gasteiger partial charge in [0.1, 0.15) is 30.5 Å². The summed E-state index contributed by atoms with van der Waals surface area (Å²) in [5.41, 5.74) is 0.870. The van der Waals surface area contributed by atoms with Gasteiger partial charge in [-0.25, -0.2) is 4.39 Å². The van der Waals surface area contributed by atoms with Gasteiger partial charge >= 0.3 is 0 Å². The van der Waals surface area contributed by atoms with E-state index in [1.54, 1.807) is 57.5 Å². The molecule has 8 heteroatoms. The van der Waals surface area contributed by atoms with Crippen LogP contribution in [0.5, 0.6) is 11.5 Å². The molecule has 0 N–H and O–H groups in total. The lowest BCUT2D eigenvalue weighted by atomic mass is 9.99. The van der Waals surface area contributed by atoms with Crippen LogP contribution in [-0.4, -0.2) is 54.0 Å². The number of carbonyl (C=O) groups excluding carboxylic acids is 2. The predicted molar refractivity (Wildman–Crippen MR) is 138 cm³/mol. The number of thiophene rings is 1. The van der Waals surface area contributed by atoms with E-state index in [4.69, 9.17) is 9.47 Å². The van der Waals surface area contributed by atoms with Crippen LogP contribution in [0.25, 0.3) is 0 Å². The smallest absolute Gasteiger partial charge is 0.258 e. The van der Waals surface area contributed by atoms with Gasteiger partial charge in [0.15, 0.2) is 0 Å². The second-order valence-electron chi connectivity index (χ2n) is 9.68. The molecule has 1 atom stereocenters. The van der Waals surface area contributed by atoms with Gasteiger partial charge < -0.3 is 19.3 Å². The molecule has 190 valence electrons. The highest BCUT2D eigenvalue weighted by Crippen LogP contribution is 2.34. The Kier molecular flexibility index (Phi) is 7.64. The molecule has 1 aromatic heterocycles. The van der Waals surface area contributed by atoms with Gasteiger partial charge in [-0.1, -0.05) is 12.1 Å². The number of fused-ring (bicyclic) bond motifs is 1. The summed E-state index contributed by atoms with van der Waals surface area (Å²) in [5.74, 6) is 0.252. The second-order valence-corrected chi connectivity index (χ2v) is 10.7. The van der Waals surface area contributed by atoms with E-state index in [9.17, 15) is 14.0 Å². The maximum Gasteiger partial charge on any atom is 0.258 e. The zero-order valence-corrected chi connectivity index (χ0v) is 21.8. The van der Waals surface area contributed by atoms with E-state index >= 15 is 0 Å². The molecule has 1 aliphatic heterocycles. The Morgan fingerprint density at radius 3 is 2.53 bits per heavy atom. The summed E-state index contributed by atoms with van der Waals surface area (Å²) < 4.78 is 24.7. The Morgan fingerprint density at radius 2 is 1.83 bits per heavy atom. The number of benzene rings is 2. The van der Waals surface area contributed by atoms with Gasteiger partial charge in [0.05, 0.1) is 18.7 Å². The minimum Gasteiger partial charge on any atom is -0.496 e. The number of hydrogen-bond donors (Lipinski definition) is 0. The van der Waals surface area contributed by atoms with Crippen molar-refractivity contribution in [2.24, 2.45) is 0 Å². The monoisotopic (exact) mass is 510 g/mol. The summed E-state index contributed by atoms with van der Waals surface area (Å²) in [6, 6.07) is 14.6. The third-order valence-corrected chi connectivity index (χ3v) is 7.32. The number of rotatable bonds is 7. The first kappa shape index (κ1) is 25.7. The van der Waals surface area contributed by atoms with Gasteiger partial charge in [-0.15, -0.1) is 11.3 Å². The number of amides is 2. The lowest BCUT2D eigenvalue weighted by Gasteiger charge is -2.40. The molecule has 0 bridgehead atoms. The van der Waals surface area contributed by atoms with Crippen LogP contribution in [0.15, 0.2) is 60.0 Å². The molecule has 1 aliphatic rings. The number of nitrogens with zero attached hydrogens (tertiary/aromatic N) is 2. The van der Waals surface area contributed by atoms with E-state index in [1.165, 1.54) is 24.1 Å². The van der Waals surface area contributed by atoms with E-state index in [2.05, 4.69) is 0 Å². The Hall–Kier alpha value is -3.39. The van der Waals surface area contributed by atoms with Crippen molar-refractivity contribution in [2.45, 2.75) is 38.8 Å². The second kappa shape index (κ2) is 10.7. The third-order valence-electron chi connectivity index (χ3n) is 6.32. The molecule has 0 fully saturated rings. The average molecular weight is 511 g/mol. The van der Waals surface area contributed by atoms with Crippen molar-refractivity contribution < 1.29 is 23.5 Å². The van der Waals surface area contributed by atoms with Crippen LogP contribution >= 0.6 is 11.3 Å². The van der Waals surface area contributed by atoms with Gasteiger partial charge in [-0.3, -0.25) is 9.59 Å². The highest BCUT2D eigenvalue weighted by Gasteiger charge is 2.36. The number of para-hydroxylation sites is 1. The van der Waals surface area contributed by atoms with E-state index < -0.39 is 5.54 Å². The summed E-state index contributed by atoms with van der Waals surface area (Å²) in [7, 11) is 1.52. The van der Waals surface area contributed by atoms with E-state index in [-0.39, 0.29) is 36.8 Å². The van der Waals surface area contributed by atoms with Crippen LogP contribution in [0, 0.1) is 5.82 Å². The molecule has 3 aromatic rings. The summed E-state index contributed by atoms with van der Waals surface area (Å²) in [6.07, 6.45) is 0.752. The average Bonchev–Trinajstić information content (AvgIpc) is 3.34. The maximum atomic E-state index is 13.7. The number of halogens is 1. The first-order valence-corrected chi connectivity index (χ1v) is 12.8. The molecule has 0 spiro atoms. The van der Waals surface area contributed by atoms with Crippen LogP contribution in [0.3, 0.4) is 0 Å². The van der Waals surface area contributed by atoms with Crippen molar-refractivity contribution in [2.75, 3.05) is 26.8 Å². The molecule has 0 radical (unpaired) electrons. The van der Waals surface area contributed by atoms with Crippen molar-refractivity contribution in [3.8, 4) is 11.5 Å². The van der Waals surface area contributed by atoms with E-state index in [0.717, 1.165) is 12.0 Å². The zero-order valence-electron chi connectivity index (χ0n) is 21.0. The maximum absolute atomic E-state index is 13.7. The van der Waals surface area contributed by atoms with Crippen molar-refractivity contribution in [3.05, 3.63) is 81.8 Å². The van der Waals surface area contributed by atoms with E-state index in [0.29, 0.717) is 23.6 Å². The summed E-state index contributed by atoms with van der Waals surface area (Å²) >= 11 is 1.67. The minimum absolute atomic E-state index is 0.0765. The van der Waals surface area contributed by atoms with Crippen LogP contribution in [0.1, 0.15) is 47.6 Å². The molecule has 0 saturated heterocycles. The fourth-order valence-electron chi connectivity index (χ4n) is 4.39. The molecule has 2 heterocycles. The van der Waals surface area contributed by atoms with Gasteiger partial charge in [-0.2, -0.15) is 0 Å². The highest BCUT2D eigenvalue weighted by atomic mass is 32.1. The van der Waals surface area contributed by atoms with Crippen LogP contribution in [0.4, 0.5) is 4.39 Å². The van der Waals surface area contributed by atoms with Crippen molar-refractivity contribution in [3.63, 3.8) is 0 Å². The van der Waals surface area contributed by atoms with Crippen LogP contribution < -0.4 is 9.47 Å². The molecule has 0 unspecified atom stereocenters. The molecule has 6 nitrogen and oxygen atoms in total. The third kappa shape index (κ3) is 5.54. The Labute approximate surface area is 215 Å². The van der Waals surface area contributed by atoms with Gasteiger partial charge in [0.25, 0.3) is 5.91 Å². The molecule has 2 amide bonds. The molecular formula is C28H31FN2O4S. The Morgan fingerprint density at radius 1 is 1.11 bits per heavy atom. The predicted octanol–water partition coefficient (Wildman–Crippen LogP) is 5.34. The summed E-state index contributed by atoms with van der Waals surface area (Å²) in [6.45, 7) is 6.43. The van der Waals surface area contributed by atoms with Gasteiger partial charge in [0, 0.05) is 17.0 Å². The van der Waals surface area contributed by atoms with Gasteiger partial charge in [-0.05, 0) is 80.6 Å². The van der Waals surface area contributed by atoms with Crippen molar-refractivity contribution in [1.29, 1.82) is 0 Å². The molecule has 4 rings (SSSR count). The number of carbonyl (C=O) groups is 2. The van der Waals surface area contributed by atoms with E-state index in [1.807, 2.05) is 32.2 Å². The molecule has 2 aromatic carbocycles. The van der Waals surface area contributed by atoms with Gasteiger partial charge in [0.2, 0.25) is 5.91 Å². The first-order valence-electron chi connectivity index (χ1n) is 11.9. The largest absolute Gasteiger partial charge is 0.496 e. The Balaban J connectivity index is 1.57. The molecule has 36 heavy (non-hydrogen) atoms.